The SMILES string of the molecule is CC(CO)N(C)C(=O)NC1CCCOc2cc(F)ccc21. The lowest BCUT2D eigenvalue weighted by Crippen LogP contribution is -2.45. The number of nitrogens with one attached hydrogen (secondary N) is 1. The molecule has 1 aromatic carbocycles. The molecule has 2 N–H and O–H groups in total. The van der Waals surface area contributed by atoms with E-state index in [-0.39, 0.29) is 30.5 Å². The van der Waals surface area contributed by atoms with Gasteiger partial charge in [-0.2, -0.15) is 0 Å². The van der Waals surface area contributed by atoms with E-state index in [0.29, 0.717) is 12.4 Å². The van der Waals surface area contributed by atoms with E-state index in [0.717, 1.165) is 18.4 Å². The fraction of sp³-hybridized carbons (Fsp3) is 0.533. The number of hydrogen-bond acceptors (Lipinski definition) is 3. The third-order valence-corrected chi connectivity index (χ3v) is 3.79. The molecule has 1 aliphatic rings. The molecule has 0 bridgehead atoms. The minimum atomic E-state index is -0.355. The first-order valence-corrected chi connectivity index (χ1v) is 7.09. The van der Waals surface area contributed by atoms with Crippen LogP contribution in [0.1, 0.15) is 31.4 Å². The first-order chi connectivity index (χ1) is 10.0. The average molecular weight is 296 g/mol. The van der Waals surface area contributed by atoms with E-state index in [2.05, 4.69) is 5.32 Å². The highest BCUT2D eigenvalue weighted by Crippen LogP contribution is 2.32. The number of nitrogens with zero attached hydrogens (tertiary/aromatic N) is 1. The van der Waals surface area contributed by atoms with E-state index in [9.17, 15) is 9.18 Å². The Hall–Kier alpha value is -1.82. The van der Waals surface area contributed by atoms with Crippen molar-refractivity contribution in [2.75, 3.05) is 20.3 Å². The van der Waals surface area contributed by atoms with Crippen LogP contribution in [-0.4, -0.2) is 42.3 Å². The van der Waals surface area contributed by atoms with E-state index in [1.807, 2.05) is 0 Å². The Morgan fingerprint density at radius 1 is 1.62 bits per heavy atom. The Labute approximate surface area is 123 Å². The third-order valence-electron chi connectivity index (χ3n) is 3.79. The van der Waals surface area contributed by atoms with E-state index >= 15 is 0 Å². The number of hydrogen-bond donors (Lipinski definition) is 2. The minimum Gasteiger partial charge on any atom is -0.493 e. The number of fused-ring (bicyclic) bond motifs is 1. The van der Waals surface area contributed by atoms with Gasteiger partial charge in [-0.25, -0.2) is 9.18 Å². The van der Waals surface area contributed by atoms with Crippen LogP contribution in [0.2, 0.25) is 0 Å². The number of halogens is 1. The summed E-state index contributed by atoms with van der Waals surface area (Å²) in [5, 5.41) is 12.0. The van der Waals surface area contributed by atoms with Crippen molar-refractivity contribution in [2.24, 2.45) is 0 Å². The van der Waals surface area contributed by atoms with Crippen LogP contribution in [0.3, 0.4) is 0 Å². The van der Waals surface area contributed by atoms with Gasteiger partial charge in [-0.05, 0) is 25.8 Å². The number of likely N-dealkylation sites (N-methyl/N-ethyl adjacent to an activating group) is 1. The average Bonchev–Trinajstić information content (AvgIpc) is 2.67. The van der Waals surface area contributed by atoms with Crippen LogP contribution in [0, 0.1) is 5.82 Å². The van der Waals surface area contributed by atoms with Crippen LogP contribution in [0.25, 0.3) is 0 Å². The Morgan fingerprint density at radius 3 is 3.10 bits per heavy atom. The molecular formula is C15H21FN2O3. The smallest absolute Gasteiger partial charge is 0.317 e. The Bertz CT molecular complexity index is 510. The van der Waals surface area contributed by atoms with Crippen LogP contribution in [0.5, 0.6) is 5.75 Å². The molecular weight excluding hydrogens is 275 g/mol. The molecule has 2 atom stereocenters. The molecule has 0 fully saturated rings. The van der Waals surface area contributed by atoms with Crippen LogP contribution in [0.4, 0.5) is 9.18 Å². The largest absolute Gasteiger partial charge is 0.493 e. The predicted molar refractivity (Wildman–Crippen MR) is 76.7 cm³/mol. The van der Waals surface area contributed by atoms with Crippen molar-refractivity contribution >= 4 is 6.03 Å². The molecule has 2 unspecified atom stereocenters. The van der Waals surface area contributed by atoms with Gasteiger partial charge < -0.3 is 20.1 Å². The highest BCUT2D eigenvalue weighted by atomic mass is 19.1. The lowest BCUT2D eigenvalue weighted by molar-refractivity contribution is 0.154. The maximum absolute atomic E-state index is 13.3. The number of rotatable bonds is 3. The molecule has 0 radical (unpaired) electrons. The van der Waals surface area contributed by atoms with Gasteiger partial charge >= 0.3 is 6.03 Å². The molecule has 1 aromatic rings. The van der Waals surface area contributed by atoms with Crippen molar-refractivity contribution in [3.63, 3.8) is 0 Å². The lowest BCUT2D eigenvalue weighted by atomic mass is 10.0. The predicted octanol–water partition coefficient (Wildman–Crippen LogP) is 2.06. The second kappa shape index (κ2) is 6.76. The van der Waals surface area contributed by atoms with Crippen molar-refractivity contribution in [1.82, 2.24) is 10.2 Å². The van der Waals surface area contributed by atoms with Gasteiger partial charge in [0, 0.05) is 18.7 Å². The summed E-state index contributed by atoms with van der Waals surface area (Å²) < 4.78 is 18.8. The summed E-state index contributed by atoms with van der Waals surface area (Å²) in [6, 6.07) is 3.62. The van der Waals surface area contributed by atoms with Gasteiger partial charge in [-0.1, -0.05) is 6.07 Å². The summed E-state index contributed by atoms with van der Waals surface area (Å²) in [5.41, 5.74) is 0.785. The van der Waals surface area contributed by atoms with Gasteiger partial charge in [0.25, 0.3) is 0 Å². The third kappa shape index (κ3) is 3.64. The first-order valence-electron chi connectivity index (χ1n) is 7.09. The van der Waals surface area contributed by atoms with Crippen LogP contribution in [-0.2, 0) is 0 Å². The summed E-state index contributed by atoms with van der Waals surface area (Å²) >= 11 is 0. The van der Waals surface area contributed by atoms with Crippen LogP contribution < -0.4 is 10.1 Å². The van der Waals surface area contributed by atoms with Gasteiger partial charge in [0.15, 0.2) is 0 Å². The molecule has 5 nitrogen and oxygen atoms in total. The molecule has 0 spiro atoms. The first kappa shape index (κ1) is 15.6. The van der Waals surface area contributed by atoms with Gasteiger partial charge in [-0.3, -0.25) is 0 Å². The van der Waals surface area contributed by atoms with E-state index in [4.69, 9.17) is 9.84 Å². The monoisotopic (exact) mass is 296 g/mol. The van der Waals surface area contributed by atoms with Gasteiger partial charge in [0.05, 0.1) is 25.3 Å². The van der Waals surface area contributed by atoms with Gasteiger partial charge in [-0.15, -0.1) is 0 Å². The van der Waals surface area contributed by atoms with Crippen LogP contribution >= 0.6 is 0 Å². The normalized spacial score (nSPS) is 19.0. The number of amides is 2. The standard InChI is InChI=1S/C15H21FN2O3/c1-10(9-19)18(2)15(20)17-13-4-3-7-21-14-8-11(16)5-6-12(13)14/h5-6,8,10,13,19H,3-4,7,9H2,1-2H3,(H,17,20). The van der Waals surface area contributed by atoms with Gasteiger partial charge in [0.1, 0.15) is 11.6 Å². The zero-order valence-electron chi connectivity index (χ0n) is 12.3. The number of aliphatic hydroxyl groups is 1. The molecule has 0 saturated heterocycles. The molecule has 116 valence electrons. The highest BCUT2D eigenvalue weighted by Gasteiger charge is 2.24. The zero-order chi connectivity index (χ0) is 15.4. The van der Waals surface area contributed by atoms with Crippen molar-refractivity contribution in [1.29, 1.82) is 0 Å². The van der Waals surface area contributed by atoms with E-state index in [1.54, 1.807) is 20.0 Å². The number of aliphatic hydroxyl groups excluding tert-OH is 1. The fourth-order valence-corrected chi connectivity index (χ4v) is 2.27. The number of ether oxygens (including phenoxy) is 1. The second-order valence-electron chi connectivity index (χ2n) is 5.32. The molecule has 0 aliphatic carbocycles. The molecule has 1 heterocycles. The van der Waals surface area contributed by atoms with E-state index in [1.165, 1.54) is 17.0 Å². The second-order valence-corrected chi connectivity index (χ2v) is 5.32. The zero-order valence-corrected chi connectivity index (χ0v) is 12.3. The molecule has 0 saturated carbocycles. The molecule has 0 aromatic heterocycles. The molecule has 2 amide bonds. The summed E-state index contributed by atoms with van der Waals surface area (Å²) in [6.45, 7) is 2.17. The molecule has 1 aliphatic heterocycles. The van der Waals surface area contributed by atoms with Crippen molar-refractivity contribution < 1.29 is 19.0 Å². The number of carbonyl (C=O) groups excluding carboxylic acids is 1. The van der Waals surface area contributed by atoms with Crippen molar-refractivity contribution in [3.8, 4) is 5.75 Å². The summed E-state index contributed by atoms with van der Waals surface area (Å²) in [6.07, 6.45) is 1.51. The maximum atomic E-state index is 13.3. The topological polar surface area (TPSA) is 61.8 Å². The van der Waals surface area contributed by atoms with Crippen molar-refractivity contribution in [2.45, 2.75) is 31.8 Å². The summed E-state index contributed by atoms with van der Waals surface area (Å²) in [4.78, 5) is 13.6. The summed E-state index contributed by atoms with van der Waals surface area (Å²) in [5.74, 6) is 0.127. The Kier molecular flexibility index (Phi) is 5.01. The Balaban J connectivity index is 2.15. The summed E-state index contributed by atoms with van der Waals surface area (Å²) in [7, 11) is 1.63. The van der Waals surface area contributed by atoms with Gasteiger partial charge in [0.2, 0.25) is 0 Å². The van der Waals surface area contributed by atoms with Crippen molar-refractivity contribution in [3.05, 3.63) is 29.6 Å². The van der Waals surface area contributed by atoms with Crippen LogP contribution in [0.15, 0.2) is 18.2 Å². The minimum absolute atomic E-state index is 0.0977. The molecule has 6 heteroatoms. The number of benzene rings is 1. The number of carbonyl (C=O) groups is 1. The fourth-order valence-electron chi connectivity index (χ4n) is 2.27. The lowest BCUT2D eigenvalue weighted by Gasteiger charge is -2.27. The highest BCUT2D eigenvalue weighted by molar-refractivity contribution is 5.75. The molecule has 21 heavy (non-hydrogen) atoms. The Morgan fingerprint density at radius 2 is 2.38 bits per heavy atom. The molecule has 2 rings (SSSR count). The quantitative estimate of drug-likeness (QED) is 0.897. The van der Waals surface area contributed by atoms with E-state index < -0.39 is 0 Å². The number of urea groups is 1. The maximum Gasteiger partial charge on any atom is 0.317 e.